The van der Waals surface area contributed by atoms with Gasteiger partial charge in [0, 0.05) is 35.3 Å². The number of fused-ring (bicyclic) bond motifs is 1. The molecule has 0 radical (unpaired) electrons. The number of carbonyl (C=O) groups is 1. The quantitative estimate of drug-likeness (QED) is 0.474. The first kappa shape index (κ1) is 19.3. The lowest BCUT2D eigenvalue weighted by Crippen LogP contribution is -2.24. The maximum Gasteiger partial charge on any atom is 0.272 e. The SMILES string of the molecule is O=Cc1ccc(-c2cc(-c3n[nH]c(=O)c4ccccc34)ccc2N2CCCCCC2)o1. The molecule has 0 unspecified atom stereocenters. The van der Waals surface area contributed by atoms with Crippen molar-refractivity contribution in [3.05, 3.63) is 70.7 Å². The molecule has 1 aliphatic rings. The largest absolute Gasteiger partial charge is 0.453 e. The molecule has 0 aliphatic carbocycles. The van der Waals surface area contributed by atoms with E-state index in [2.05, 4.69) is 21.2 Å². The number of nitrogens with one attached hydrogen (secondary N) is 1. The van der Waals surface area contributed by atoms with Crippen molar-refractivity contribution < 1.29 is 9.21 Å². The second-order valence-electron chi connectivity index (χ2n) is 7.90. The molecular formula is C25H23N3O3. The number of rotatable bonds is 4. The van der Waals surface area contributed by atoms with Gasteiger partial charge in [-0.3, -0.25) is 9.59 Å². The minimum Gasteiger partial charge on any atom is -0.453 e. The fraction of sp³-hybridized carbons (Fsp3) is 0.240. The third kappa shape index (κ3) is 3.65. The monoisotopic (exact) mass is 413 g/mol. The first-order valence-corrected chi connectivity index (χ1v) is 10.7. The lowest BCUT2D eigenvalue weighted by atomic mass is 10.00. The third-order valence-electron chi connectivity index (χ3n) is 5.92. The molecule has 6 nitrogen and oxygen atoms in total. The zero-order valence-electron chi connectivity index (χ0n) is 17.1. The van der Waals surface area contributed by atoms with Gasteiger partial charge in [0.1, 0.15) is 5.76 Å². The Kier molecular flexibility index (Phi) is 5.12. The maximum absolute atomic E-state index is 12.2. The molecule has 1 saturated heterocycles. The van der Waals surface area contributed by atoms with Gasteiger partial charge in [-0.2, -0.15) is 5.10 Å². The average Bonchev–Trinajstić information content (AvgIpc) is 3.13. The first-order valence-electron chi connectivity index (χ1n) is 10.7. The van der Waals surface area contributed by atoms with E-state index in [4.69, 9.17) is 4.42 Å². The van der Waals surface area contributed by atoms with Crippen LogP contribution in [0.25, 0.3) is 33.4 Å². The molecule has 2 aromatic heterocycles. The summed E-state index contributed by atoms with van der Waals surface area (Å²) in [4.78, 5) is 25.8. The molecule has 1 fully saturated rings. The van der Waals surface area contributed by atoms with Crippen LogP contribution in [-0.4, -0.2) is 29.6 Å². The van der Waals surface area contributed by atoms with Gasteiger partial charge in [0.05, 0.1) is 11.1 Å². The van der Waals surface area contributed by atoms with Crippen molar-refractivity contribution in [1.82, 2.24) is 10.2 Å². The molecule has 2 aromatic carbocycles. The number of aromatic amines is 1. The molecule has 1 aliphatic heterocycles. The summed E-state index contributed by atoms with van der Waals surface area (Å²) in [5.41, 5.74) is 3.39. The van der Waals surface area contributed by atoms with E-state index in [0.29, 0.717) is 22.6 Å². The Morgan fingerprint density at radius 1 is 0.935 bits per heavy atom. The highest BCUT2D eigenvalue weighted by Crippen LogP contribution is 2.37. The predicted octanol–water partition coefficient (Wildman–Crippen LogP) is 5.04. The van der Waals surface area contributed by atoms with Gasteiger partial charge in [0.25, 0.3) is 5.56 Å². The number of hydrogen-bond acceptors (Lipinski definition) is 5. The predicted molar refractivity (Wildman–Crippen MR) is 122 cm³/mol. The summed E-state index contributed by atoms with van der Waals surface area (Å²) < 4.78 is 5.81. The fourth-order valence-corrected chi connectivity index (χ4v) is 4.36. The summed E-state index contributed by atoms with van der Waals surface area (Å²) in [5, 5.41) is 8.37. The highest BCUT2D eigenvalue weighted by molar-refractivity contribution is 5.95. The molecule has 6 heteroatoms. The van der Waals surface area contributed by atoms with Gasteiger partial charge in [0.2, 0.25) is 0 Å². The molecule has 0 bridgehead atoms. The summed E-state index contributed by atoms with van der Waals surface area (Å²) in [5.74, 6) is 0.951. The average molecular weight is 413 g/mol. The van der Waals surface area contributed by atoms with Gasteiger partial charge >= 0.3 is 0 Å². The van der Waals surface area contributed by atoms with Crippen LogP contribution in [0.2, 0.25) is 0 Å². The summed E-state index contributed by atoms with van der Waals surface area (Å²) in [6.07, 6.45) is 5.52. The molecule has 1 N–H and O–H groups in total. The van der Waals surface area contributed by atoms with Gasteiger partial charge in [0.15, 0.2) is 12.0 Å². The van der Waals surface area contributed by atoms with E-state index in [0.717, 1.165) is 54.4 Å². The maximum atomic E-state index is 12.2. The van der Waals surface area contributed by atoms with Crippen LogP contribution in [0.4, 0.5) is 5.69 Å². The number of aldehydes is 1. The standard InChI is InChI=1S/C25H23N3O3/c29-16-18-10-12-23(31-18)21-15-17(9-11-22(21)28-13-5-1-2-6-14-28)24-19-7-3-4-8-20(19)25(30)27-26-24/h3-4,7-12,15-16H,1-2,5-6,13-14H2,(H,27,30). The number of furan rings is 1. The van der Waals surface area contributed by atoms with Crippen molar-refractivity contribution in [1.29, 1.82) is 0 Å². The van der Waals surface area contributed by atoms with Crippen LogP contribution in [0.5, 0.6) is 0 Å². The van der Waals surface area contributed by atoms with Crippen molar-refractivity contribution in [3.8, 4) is 22.6 Å². The number of H-pyrrole nitrogens is 1. The van der Waals surface area contributed by atoms with Crippen molar-refractivity contribution in [2.75, 3.05) is 18.0 Å². The van der Waals surface area contributed by atoms with E-state index in [9.17, 15) is 9.59 Å². The second-order valence-corrected chi connectivity index (χ2v) is 7.90. The molecule has 0 atom stereocenters. The summed E-state index contributed by atoms with van der Waals surface area (Å²) >= 11 is 0. The smallest absolute Gasteiger partial charge is 0.272 e. The van der Waals surface area contributed by atoms with Gasteiger partial charge < -0.3 is 9.32 Å². The Bertz CT molecular complexity index is 1300. The molecule has 3 heterocycles. The van der Waals surface area contributed by atoms with E-state index in [1.807, 2.05) is 36.4 Å². The third-order valence-corrected chi connectivity index (χ3v) is 5.92. The minimum absolute atomic E-state index is 0.206. The summed E-state index contributed by atoms with van der Waals surface area (Å²) in [6, 6.07) is 17.2. The van der Waals surface area contributed by atoms with Gasteiger partial charge in [-0.25, -0.2) is 5.10 Å². The zero-order valence-corrected chi connectivity index (χ0v) is 17.1. The Morgan fingerprint density at radius 3 is 2.45 bits per heavy atom. The van der Waals surface area contributed by atoms with Crippen LogP contribution in [-0.2, 0) is 0 Å². The van der Waals surface area contributed by atoms with E-state index < -0.39 is 0 Å². The number of nitrogens with zero attached hydrogens (tertiary/aromatic N) is 2. The van der Waals surface area contributed by atoms with Crippen LogP contribution in [0.3, 0.4) is 0 Å². The van der Waals surface area contributed by atoms with Crippen LogP contribution in [0.15, 0.2) is 63.8 Å². The van der Waals surface area contributed by atoms with Crippen LogP contribution < -0.4 is 10.5 Å². The summed E-state index contributed by atoms with van der Waals surface area (Å²) in [6.45, 7) is 1.99. The van der Waals surface area contributed by atoms with E-state index in [1.165, 1.54) is 12.8 Å². The van der Waals surface area contributed by atoms with E-state index in [-0.39, 0.29) is 5.56 Å². The van der Waals surface area contributed by atoms with Gasteiger partial charge in [-0.15, -0.1) is 0 Å². The lowest BCUT2D eigenvalue weighted by molar-refractivity contribution is 0.110. The van der Waals surface area contributed by atoms with Crippen molar-refractivity contribution in [2.24, 2.45) is 0 Å². The van der Waals surface area contributed by atoms with Gasteiger partial charge in [-0.1, -0.05) is 37.1 Å². The Morgan fingerprint density at radius 2 is 1.71 bits per heavy atom. The van der Waals surface area contributed by atoms with E-state index >= 15 is 0 Å². The second kappa shape index (κ2) is 8.22. The fourth-order valence-electron chi connectivity index (χ4n) is 4.36. The number of hydrogen-bond donors (Lipinski definition) is 1. The highest BCUT2D eigenvalue weighted by Gasteiger charge is 2.19. The Balaban J connectivity index is 1.69. The normalized spacial score (nSPS) is 14.5. The van der Waals surface area contributed by atoms with Crippen molar-refractivity contribution in [3.63, 3.8) is 0 Å². The topological polar surface area (TPSA) is 79.2 Å². The zero-order chi connectivity index (χ0) is 21.2. The number of aromatic nitrogens is 2. The summed E-state index contributed by atoms with van der Waals surface area (Å²) in [7, 11) is 0. The first-order chi connectivity index (χ1) is 15.2. The van der Waals surface area contributed by atoms with Crippen LogP contribution in [0, 0.1) is 0 Å². The number of anilines is 1. The highest BCUT2D eigenvalue weighted by atomic mass is 16.3. The molecule has 31 heavy (non-hydrogen) atoms. The minimum atomic E-state index is -0.206. The van der Waals surface area contributed by atoms with E-state index in [1.54, 1.807) is 12.1 Å². The molecule has 0 spiro atoms. The van der Waals surface area contributed by atoms with Gasteiger partial charge in [-0.05, 0) is 43.2 Å². The molecule has 156 valence electrons. The number of carbonyl (C=O) groups excluding carboxylic acids is 1. The number of benzene rings is 2. The molecular weight excluding hydrogens is 390 g/mol. The Labute approximate surface area is 179 Å². The van der Waals surface area contributed by atoms with Crippen molar-refractivity contribution in [2.45, 2.75) is 25.7 Å². The Hall–Kier alpha value is -3.67. The van der Waals surface area contributed by atoms with Crippen LogP contribution in [0.1, 0.15) is 36.2 Å². The lowest BCUT2D eigenvalue weighted by Gasteiger charge is -2.25. The van der Waals surface area contributed by atoms with Crippen LogP contribution >= 0.6 is 0 Å². The van der Waals surface area contributed by atoms with Crippen molar-refractivity contribution >= 4 is 22.7 Å². The molecule has 0 amide bonds. The molecule has 4 aromatic rings. The molecule has 0 saturated carbocycles. The molecule has 5 rings (SSSR count).